The van der Waals surface area contributed by atoms with E-state index in [-0.39, 0.29) is 5.57 Å². The van der Waals surface area contributed by atoms with Gasteiger partial charge in [-0.05, 0) is 6.92 Å². The van der Waals surface area contributed by atoms with E-state index in [4.69, 9.17) is 0 Å². The maximum absolute atomic E-state index is 11.2. The van der Waals surface area contributed by atoms with Crippen LogP contribution in [0.25, 0.3) is 0 Å². The van der Waals surface area contributed by atoms with Gasteiger partial charge in [-0.2, -0.15) is 0 Å². The lowest BCUT2D eigenvalue weighted by Gasteiger charge is -2.09. The van der Waals surface area contributed by atoms with E-state index in [1.165, 1.54) is 28.1 Å². The van der Waals surface area contributed by atoms with Crippen molar-refractivity contribution in [3.8, 4) is 0 Å². The summed E-state index contributed by atoms with van der Waals surface area (Å²) in [5, 5.41) is 0. The number of nitrogens with zero attached hydrogens (tertiary/aromatic N) is 1. The summed E-state index contributed by atoms with van der Waals surface area (Å²) < 4.78 is 8.70. The van der Waals surface area contributed by atoms with E-state index < -0.39 is 18.0 Å². The average Bonchev–Trinajstić information content (AvgIpc) is 2.16. The summed E-state index contributed by atoms with van der Waals surface area (Å²) in [4.78, 5) is 34.0. The summed E-state index contributed by atoms with van der Waals surface area (Å²) in [7, 11) is 4.06. The van der Waals surface area contributed by atoms with Crippen LogP contribution < -0.4 is 0 Å². The normalized spacial score (nSPS) is 10.5. The van der Waals surface area contributed by atoms with Gasteiger partial charge in [-0.1, -0.05) is 0 Å². The minimum Gasteiger partial charge on any atom is -0.466 e. The summed E-state index contributed by atoms with van der Waals surface area (Å²) in [6, 6.07) is 0. The van der Waals surface area contributed by atoms with Gasteiger partial charge < -0.3 is 14.4 Å². The Kier molecular flexibility index (Phi) is 5.08. The van der Waals surface area contributed by atoms with Crippen LogP contribution in [0.3, 0.4) is 0 Å². The quantitative estimate of drug-likeness (QED) is 0.377. The van der Waals surface area contributed by atoms with Crippen LogP contribution in [0.15, 0.2) is 11.6 Å². The van der Waals surface area contributed by atoms with Crippen LogP contribution in [0.1, 0.15) is 6.92 Å². The van der Waals surface area contributed by atoms with Crippen molar-refractivity contribution in [3.05, 3.63) is 11.6 Å². The Morgan fingerprint density at radius 1 is 1.20 bits per heavy atom. The van der Waals surface area contributed by atoms with Crippen LogP contribution in [0, 0.1) is 0 Å². The highest BCUT2D eigenvalue weighted by molar-refractivity contribution is 5.99. The molecule has 0 saturated carbocycles. The predicted octanol–water partition coefficient (Wildman–Crippen LogP) is 0.331. The molecule has 84 valence electrons. The maximum Gasteiger partial charge on any atom is 0.417 e. The fraction of sp³-hybridized carbons (Fsp3) is 0.444. The summed E-state index contributed by atoms with van der Waals surface area (Å²) >= 11 is 0. The molecular weight excluding hydrogens is 202 g/mol. The van der Waals surface area contributed by atoms with E-state index in [9.17, 15) is 14.4 Å². The van der Waals surface area contributed by atoms with Crippen molar-refractivity contribution < 1.29 is 23.9 Å². The number of amides is 1. The van der Waals surface area contributed by atoms with Gasteiger partial charge in [-0.25, -0.2) is 14.4 Å². The van der Waals surface area contributed by atoms with Gasteiger partial charge in [0.1, 0.15) is 0 Å². The molecule has 0 atom stereocenters. The summed E-state index contributed by atoms with van der Waals surface area (Å²) in [6.45, 7) is 1.35. The van der Waals surface area contributed by atoms with Crippen molar-refractivity contribution in [1.29, 1.82) is 0 Å². The molecule has 0 radical (unpaired) electrons. The fourth-order valence-corrected chi connectivity index (χ4v) is 0.546. The molecule has 0 N–H and O–H groups in total. The first kappa shape index (κ1) is 13.2. The highest BCUT2D eigenvalue weighted by Gasteiger charge is 2.14. The van der Waals surface area contributed by atoms with Gasteiger partial charge in [0.15, 0.2) is 0 Å². The standard InChI is InChI=1S/C9H13NO5/c1-6(5-7(11)14-4)8(12)15-9(13)10(2)3/h5H,1-4H3/b6-5+. The molecule has 0 aromatic carbocycles. The second-order valence-corrected chi connectivity index (χ2v) is 2.90. The van der Waals surface area contributed by atoms with Gasteiger partial charge in [0.05, 0.1) is 7.11 Å². The number of rotatable bonds is 2. The molecule has 0 bridgehead atoms. The highest BCUT2D eigenvalue weighted by Crippen LogP contribution is 1.99. The lowest BCUT2D eigenvalue weighted by atomic mass is 10.3. The molecule has 6 heteroatoms. The monoisotopic (exact) mass is 215 g/mol. The molecule has 0 saturated heterocycles. The molecule has 0 spiro atoms. The predicted molar refractivity (Wildman–Crippen MR) is 50.9 cm³/mol. The van der Waals surface area contributed by atoms with Crippen LogP contribution in [0.4, 0.5) is 4.79 Å². The van der Waals surface area contributed by atoms with E-state index in [0.29, 0.717) is 0 Å². The molecule has 1 amide bonds. The van der Waals surface area contributed by atoms with Crippen LogP contribution >= 0.6 is 0 Å². The largest absolute Gasteiger partial charge is 0.466 e. The van der Waals surface area contributed by atoms with E-state index >= 15 is 0 Å². The number of hydrogen-bond donors (Lipinski definition) is 0. The first-order valence-corrected chi connectivity index (χ1v) is 4.08. The van der Waals surface area contributed by atoms with Crippen molar-refractivity contribution in [2.24, 2.45) is 0 Å². The van der Waals surface area contributed by atoms with Gasteiger partial charge >= 0.3 is 18.0 Å². The fourth-order valence-electron chi connectivity index (χ4n) is 0.546. The van der Waals surface area contributed by atoms with Crippen LogP contribution in [0.5, 0.6) is 0 Å². The Bertz CT molecular complexity index is 306. The Hall–Kier alpha value is -1.85. The molecule has 0 aromatic heterocycles. The van der Waals surface area contributed by atoms with E-state index in [1.807, 2.05) is 0 Å². The first-order chi connectivity index (χ1) is 6.88. The molecule has 15 heavy (non-hydrogen) atoms. The average molecular weight is 215 g/mol. The molecule has 0 unspecified atom stereocenters. The summed E-state index contributed by atoms with van der Waals surface area (Å²) in [5.41, 5.74) is -0.00273. The smallest absolute Gasteiger partial charge is 0.417 e. The molecule has 0 aliphatic heterocycles. The van der Waals surface area contributed by atoms with Crippen molar-refractivity contribution in [2.75, 3.05) is 21.2 Å². The van der Waals surface area contributed by atoms with Gasteiger partial charge in [0.25, 0.3) is 0 Å². The zero-order valence-electron chi connectivity index (χ0n) is 9.07. The number of ether oxygens (including phenoxy) is 2. The van der Waals surface area contributed by atoms with Gasteiger partial charge in [-0.3, -0.25) is 0 Å². The van der Waals surface area contributed by atoms with Crippen molar-refractivity contribution in [2.45, 2.75) is 6.92 Å². The Morgan fingerprint density at radius 3 is 2.13 bits per heavy atom. The molecule has 0 fully saturated rings. The molecule has 6 nitrogen and oxygen atoms in total. The Morgan fingerprint density at radius 2 is 1.73 bits per heavy atom. The maximum atomic E-state index is 11.2. The van der Waals surface area contributed by atoms with Crippen LogP contribution in [-0.4, -0.2) is 44.1 Å². The topological polar surface area (TPSA) is 72.9 Å². The number of esters is 2. The van der Waals surface area contributed by atoms with Gasteiger partial charge in [-0.15, -0.1) is 0 Å². The third-order valence-corrected chi connectivity index (χ3v) is 1.40. The molecule has 0 aromatic rings. The molecule has 0 aliphatic carbocycles. The molecule has 0 aliphatic rings. The van der Waals surface area contributed by atoms with Crippen LogP contribution in [-0.2, 0) is 19.1 Å². The zero-order chi connectivity index (χ0) is 12.0. The number of hydrogen-bond acceptors (Lipinski definition) is 5. The number of carbonyl (C=O) groups excluding carboxylic acids is 3. The Labute approximate surface area is 87.4 Å². The van der Waals surface area contributed by atoms with E-state index in [2.05, 4.69) is 9.47 Å². The van der Waals surface area contributed by atoms with E-state index in [1.54, 1.807) is 0 Å². The molecular formula is C9H13NO5. The van der Waals surface area contributed by atoms with Crippen molar-refractivity contribution in [3.63, 3.8) is 0 Å². The van der Waals surface area contributed by atoms with Crippen molar-refractivity contribution in [1.82, 2.24) is 4.90 Å². The third-order valence-electron chi connectivity index (χ3n) is 1.40. The summed E-state index contributed by atoms with van der Waals surface area (Å²) in [5.74, 6) is -1.55. The number of carbonyl (C=O) groups is 3. The van der Waals surface area contributed by atoms with E-state index in [0.717, 1.165) is 11.0 Å². The van der Waals surface area contributed by atoms with Crippen LogP contribution in [0.2, 0.25) is 0 Å². The minimum atomic E-state index is -0.876. The number of methoxy groups -OCH3 is 1. The first-order valence-electron chi connectivity index (χ1n) is 4.08. The second kappa shape index (κ2) is 5.79. The zero-order valence-corrected chi connectivity index (χ0v) is 9.07. The lowest BCUT2D eigenvalue weighted by Crippen LogP contribution is -2.26. The van der Waals surface area contributed by atoms with Gasteiger partial charge in [0.2, 0.25) is 0 Å². The second-order valence-electron chi connectivity index (χ2n) is 2.90. The van der Waals surface area contributed by atoms with Gasteiger partial charge in [0, 0.05) is 25.7 Å². The molecule has 0 rings (SSSR count). The minimum absolute atomic E-state index is 0.00273. The SMILES string of the molecule is COC(=O)/C=C(\C)C(=O)OC(=O)N(C)C. The van der Waals surface area contributed by atoms with Crippen molar-refractivity contribution >= 4 is 18.0 Å². The highest BCUT2D eigenvalue weighted by atomic mass is 16.6. The summed E-state index contributed by atoms with van der Waals surface area (Å²) in [6.07, 6.45) is 0.156. The third kappa shape index (κ3) is 4.80. The molecule has 0 heterocycles. The Balaban J connectivity index is 4.40. The lowest BCUT2D eigenvalue weighted by molar-refractivity contribution is -0.137.